The van der Waals surface area contributed by atoms with Crippen LogP contribution in [0.2, 0.25) is 0 Å². The maximum atomic E-state index is 11.2. The molecule has 0 aliphatic carbocycles. The SMILES string of the molecule is CC(=O)c1ccc(OC[C@@H](O)C[NH+]2CC[NH+](C)CC2)cc1. The van der Waals surface area contributed by atoms with Crippen LogP contribution in [0.3, 0.4) is 0 Å². The molecule has 0 spiro atoms. The highest BCUT2D eigenvalue weighted by Crippen LogP contribution is 2.12. The average Bonchev–Trinajstić information content (AvgIpc) is 2.48. The Bertz CT molecular complexity index is 453. The van der Waals surface area contributed by atoms with E-state index >= 15 is 0 Å². The van der Waals surface area contributed by atoms with Gasteiger partial charge in [-0.2, -0.15) is 0 Å². The zero-order valence-corrected chi connectivity index (χ0v) is 12.9. The number of quaternary nitrogens is 2. The molecule has 0 amide bonds. The van der Waals surface area contributed by atoms with Crippen LogP contribution in [0.5, 0.6) is 5.75 Å². The van der Waals surface area contributed by atoms with E-state index in [0.29, 0.717) is 17.9 Å². The van der Waals surface area contributed by atoms with E-state index in [1.54, 1.807) is 36.1 Å². The molecule has 1 heterocycles. The first-order chi connectivity index (χ1) is 10.0. The number of carbonyl (C=O) groups excluding carboxylic acids is 1. The zero-order chi connectivity index (χ0) is 15.2. The largest absolute Gasteiger partial charge is 0.491 e. The number of hydrogen-bond acceptors (Lipinski definition) is 3. The molecule has 1 aliphatic rings. The molecule has 0 unspecified atom stereocenters. The van der Waals surface area contributed by atoms with Crippen molar-refractivity contribution in [1.29, 1.82) is 0 Å². The Kier molecular flexibility index (Phi) is 5.73. The Morgan fingerprint density at radius 2 is 1.86 bits per heavy atom. The minimum atomic E-state index is -0.453. The van der Waals surface area contributed by atoms with Gasteiger partial charge in [0.2, 0.25) is 0 Å². The summed E-state index contributed by atoms with van der Waals surface area (Å²) in [6.45, 7) is 7.11. The Morgan fingerprint density at radius 1 is 1.24 bits per heavy atom. The first-order valence-corrected chi connectivity index (χ1v) is 7.61. The molecule has 1 aromatic carbocycles. The van der Waals surface area contributed by atoms with Crippen molar-refractivity contribution in [3.8, 4) is 5.75 Å². The number of nitrogens with one attached hydrogen (secondary N) is 2. The molecule has 1 fully saturated rings. The van der Waals surface area contributed by atoms with E-state index in [2.05, 4.69) is 7.05 Å². The highest BCUT2D eigenvalue weighted by molar-refractivity contribution is 5.94. The molecule has 0 aromatic heterocycles. The number of rotatable bonds is 6. The lowest BCUT2D eigenvalue weighted by Crippen LogP contribution is -3.27. The van der Waals surface area contributed by atoms with E-state index < -0.39 is 6.10 Å². The fourth-order valence-corrected chi connectivity index (χ4v) is 2.60. The van der Waals surface area contributed by atoms with Gasteiger partial charge in [-0.25, -0.2) is 0 Å². The lowest BCUT2D eigenvalue weighted by molar-refractivity contribution is -1.00. The summed E-state index contributed by atoms with van der Waals surface area (Å²) in [4.78, 5) is 14.2. The fourth-order valence-electron chi connectivity index (χ4n) is 2.60. The molecule has 1 aromatic rings. The van der Waals surface area contributed by atoms with E-state index in [0.717, 1.165) is 32.7 Å². The molecule has 0 saturated carbocycles. The predicted octanol–water partition coefficient (Wildman–Crippen LogP) is -1.96. The van der Waals surface area contributed by atoms with Gasteiger partial charge in [0.25, 0.3) is 0 Å². The van der Waals surface area contributed by atoms with Crippen LogP contribution in [-0.4, -0.2) is 63.4 Å². The van der Waals surface area contributed by atoms with Gasteiger partial charge in [0.05, 0.1) is 7.05 Å². The van der Waals surface area contributed by atoms with Gasteiger partial charge in [0.1, 0.15) is 51.2 Å². The third-order valence-electron chi connectivity index (χ3n) is 4.04. The number of carbonyl (C=O) groups is 1. The summed E-state index contributed by atoms with van der Waals surface area (Å²) in [5.74, 6) is 0.735. The van der Waals surface area contributed by atoms with Crippen LogP contribution in [0, 0.1) is 0 Å². The van der Waals surface area contributed by atoms with Crippen LogP contribution >= 0.6 is 0 Å². The summed E-state index contributed by atoms with van der Waals surface area (Å²) < 4.78 is 5.59. The highest BCUT2D eigenvalue weighted by Gasteiger charge is 2.22. The van der Waals surface area contributed by atoms with Crippen LogP contribution < -0.4 is 14.5 Å². The summed E-state index contributed by atoms with van der Waals surface area (Å²) in [5.41, 5.74) is 0.673. The number of aliphatic hydroxyl groups excluding tert-OH is 1. The number of likely N-dealkylation sites (N-methyl/N-ethyl adjacent to an activating group) is 1. The molecule has 3 N–H and O–H groups in total. The molecular weight excluding hydrogens is 268 g/mol. The van der Waals surface area contributed by atoms with E-state index in [9.17, 15) is 9.90 Å². The number of hydrogen-bond donors (Lipinski definition) is 3. The summed E-state index contributed by atoms with van der Waals surface area (Å²) in [5, 5.41) is 10.1. The van der Waals surface area contributed by atoms with Crippen LogP contribution in [0.1, 0.15) is 17.3 Å². The summed E-state index contributed by atoms with van der Waals surface area (Å²) >= 11 is 0. The molecule has 0 bridgehead atoms. The van der Waals surface area contributed by atoms with Gasteiger partial charge >= 0.3 is 0 Å². The smallest absolute Gasteiger partial charge is 0.159 e. The molecular formula is C16H26N2O3+2. The van der Waals surface area contributed by atoms with E-state index in [1.165, 1.54) is 4.90 Å². The molecule has 1 atom stereocenters. The van der Waals surface area contributed by atoms with Crippen LogP contribution in [0.25, 0.3) is 0 Å². The first kappa shape index (κ1) is 15.9. The number of Topliss-reactive ketones (excluding diaryl/α,β-unsaturated/α-hetero) is 1. The van der Waals surface area contributed by atoms with Crippen LogP contribution in [0.15, 0.2) is 24.3 Å². The topological polar surface area (TPSA) is 55.4 Å². The summed E-state index contributed by atoms with van der Waals surface area (Å²) in [7, 11) is 2.21. The van der Waals surface area contributed by atoms with Gasteiger partial charge in [-0.15, -0.1) is 0 Å². The maximum Gasteiger partial charge on any atom is 0.159 e. The van der Waals surface area contributed by atoms with Gasteiger partial charge in [0.15, 0.2) is 5.78 Å². The lowest BCUT2D eigenvalue weighted by Gasteiger charge is -2.28. The van der Waals surface area contributed by atoms with Crippen molar-refractivity contribution >= 4 is 5.78 Å². The molecule has 21 heavy (non-hydrogen) atoms. The number of piperazine rings is 1. The second kappa shape index (κ2) is 7.54. The Labute approximate surface area is 126 Å². The second-order valence-electron chi connectivity index (χ2n) is 5.96. The third kappa shape index (κ3) is 5.12. The molecule has 0 radical (unpaired) electrons. The second-order valence-corrected chi connectivity index (χ2v) is 5.96. The quantitative estimate of drug-likeness (QED) is 0.534. The summed E-state index contributed by atoms with van der Waals surface area (Å²) in [6, 6.07) is 7.04. The lowest BCUT2D eigenvalue weighted by atomic mass is 10.1. The number of ether oxygens (including phenoxy) is 1. The normalized spacial score (nSPS) is 23.6. The standard InChI is InChI=1S/C16H24N2O3/c1-13(19)14-3-5-16(6-4-14)21-12-15(20)11-18-9-7-17(2)8-10-18/h3-6,15,20H,7-12H2,1-2H3/p+2/t15-/m0/s1. The van der Waals surface area contributed by atoms with Crippen molar-refractivity contribution in [2.24, 2.45) is 0 Å². The minimum Gasteiger partial charge on any atom is -0.491 e. The number of benzene rings is 1. The average molecular weight is 294 g/mol. The van der Waals surface area contributed by atoms with Gasteiger partial charge in [-0.1, -0.05) is 0 Å². The first-order valence-electron chi connectivity index (χ1n) is 7.61. The summed E-state index contributed by atoms with van der Waals surface area (Å²) in [6.07, 6.45) is -0.453. The Morgan fingerprint density at radius 3 is 2.43 bits per heavy atom. The van der Waals surface area contributed by atoms with Gasteiger partial charge < -0.3 is 19.6 Å². The van der Waals surface area contributed by atoms with Crippen LogP contribution in [-0.2, 0) is 0 Å². The van der Waals surface area contributed by atoms with E-state index in [4.69, 9.17) is 4.74 Å². The van der Waals surface area contributed by atoms with Gasteiger partial charge in [-0.05, 0) is 31.2 Å². The predicted molar refractivity (Wildman–Crippen MR) is 80.1 cm³/mol. The van der Waals surface area contributed by atoms with E-state index in [1.807, 2.05) is 0 Å². The van der Waals surface area contributed by atoms with E-state index in [-0.39, 0.29) is 5.78 Å². The third-order valence-corrected chi connectivity index (χ3v) is 4.04. The Hall–Kier alpha value is -1.43. The molecule has 116 valence electrons. The number of aliphatic hydroxyl groups is 1. The molecule has 2 rings (SSSR count). The van der Waals surface area contributed by atoms with Gasteiger partial charge in [-0.3, -0.25) is 4.79 Å². The Balaban J connectivity index is 1.73. The van der Waals surface area contributed by atoms with Crippen molar-refractivity contribution in [1.82, 2.24) is 0 Å². The van der Waals surface area contributed by atoms with Crippen molar-refractivity contribution in [2.45, 2.75) is 13.0 Å². The fraction of sp³-hybridized carbons (Fsp3) is 0.562. The van der Waals surface area contributed by atoms with Crippen molar-refractivity contribution in [2.75, 3.05) is 46.4 Å². The van der Waals surface area contributed by atoms with Crippen molar-refractivity contribution < 1.29 is 24.4 Å². The maximum absolute atomic E-state index is 11.2. The molecule has 1 aliphatic heterocycles. The molecule has 1 saturated heterocycles. The van der Waals surface area contributed by atoms with Crippen molar-refractivity contribution in [3.05, 3.63) is 29.8 Å². The van der Waals surface area contributed by atoms with Crippen molar-refractivity contribution in [3.63, 3.8) is 0 Å². The zero-order valence-electron chi connectivity index (χ0n) is 12.9. The molecule has 5 heteroatoms. The molecule has 5 nitrogen and oxygen atoms in total. The van der Waals surface area contributed by atoms with Crippen LogP contribution in [0.4, 0.5) is 0 Å². The monoisotopic (exact) mass is 294 g/mol. The van der Waals surface area contributed by atoms with Gasteiger partial charge in [0, 0.05) is 5.56 Å². The number of ketones is 1. The minimum absolute atomic E-state index is 0.0439. The highest BCUT2D eigenvalue weighted by atomic mass is 16.5.